The average Bonchev–Trinajstić information content (AvgIpc) is 2.75. The zero-order valence-corrected chi connectivity index (χ0v) is 9.18. The highest BCUT2D eigenvalue weighted by Crippen LogP contribution is 2.32. The molecule has 0 aliphatic carbocycles. The van der Waals surface area contributed by atoms with Gasteiger partial charge >= 0.3 is 0 Å². The van der Waals surface area contributed by atoms with E-state index in [0.717, 1.165) is 12.1 Å². The molecule has 0 spiro atoms. The fourth-order valence-electron chi connectivity index (χ4n) is 1.82. The summed E-state index contributed by atoms with van der Waals surface area (Å²) >= 11 is 5.43. The largest absolute Gasteiger partial charge is 0.388 e. The van der Waals surface area contributed by atoms with Crippen LogP contribution in [0.4, 0.5) is 8.78 Å². The normalized spacial score (nSPS) is 22.4. The lowest BCUT2D eigenvalue weighted by Crippen LogP contribution is -2.14. The fraction of sp³-hybridized carbons (Fsp3) is 0.455. The van der Waals surface area contributed by atoms with E-state index in [9.17, 15) is 13.9 Å². The van der Waals surface area contributed by atoms with Gasteiger partial charge in [-0.2, -0.15) is 0 Å². The van der Waals surface area contributed by atoms with Crippen LogP contribution in [-0.4, -0.2) is 18.3 Å². The average molecular weight is 249 g/mol. The van der Waals surface area contributed by atoms with Gasteiger partial charge in [-0.15, -0.1) is 0 Å². The number of hydrogen-bond donors (Lipinski definition) is 1. The molecule has 1 heterocycles. The number of aliphatic hydroxyl groups is 1. The Labute approximate surface area is 96.8 Å². The summed E-state index contributed by atoms with van der Waals surface area (Å²) < 4.78 is 31.7. The molecule has 88 valence electrons. The van der Waals surface area contributed by atoms with E-state index in [1.807, 2.05) is 0 Å². The van der Waals surface area contributed by atoms with Crippen LogP contribution < -0.4 is 0 Å². The maximum Gasteiger partial charge on any atom is 0.142 e. The van der Waals surface area contributed by atoms with Crippen molar-refractivity contribution in [2.24, 2.45) is 5.92 Å². The zero-order valence-electron chi connectivity index (χ0n) is 8.42. The lowest BCUT2D eigenvalue weighted by Gasteiger charge is -2.17. The zero-order chi connectivity index (χ0) is 11.7. The fourth-order valence-corrected chi connectivity index (χ4v) is 1.97. The summed E-state index contributed by atoms with van der Waals surface area (Å²) in [7, 11) is 0. The number of halogens is 3. The molecule has 0 radical (unpaired) electrons. The minimum absolute atomic E-state index is 0.0580. The Morgan fingerprint density at radius 2 is 2.12 bits per heavy atom. The Balaban J connectivity index is 2.28. The van der Waals surface area contributed by atoms with E-state index in [1.54, 1.807) is 0 Å². The Hall–Kier alpha value is -0.710. The van der Waals surface area contributed by atoms with Crippen molar-refractivity contribution in [2.75, 3.05) is 13.2 Å². The molecule has 2 atom stereocenters. The topological polar surface area (TPSA) is 29.5 Å². The van der Waals surface area contributed by atoms with Gasteiger partial charge in [-0.25, -0.2) is 8.78 Å². The van der Waals surface area contributed by atoms with Crippen molar-refractivity contribution in [1.29, 1.82) is 0 Å². The van der Waals surface area contributed by atoms with Gasteiger partial charge in [0, 0.05) is 18.1 Å². The Morgan fingerprint density at radius 1 is 1.38 bits per heavy atom. The molecule has 2 nitrogen and oxygen atoms in total. The molecule has 16 heavy (non-hydrogen) atoms. The molecule has 0 saturated carbocycles. The third-order valence-electron chi connectivity index (χ3n) is 2.77. The molecule has 1 fully saturated rings. The molecule has 1 aromatic carbocycles. The Bertz CT molecular complexity index is 392. The van der Waals surface area contributed by atoms with Crippen LogP contribution in [0.2, 0.25) is 5.02 Å². The molecular formula is C11H11ClF2O2. The summed E-state index contributed by atoms with van der Waals surface area (Å²) in [5.41, 5.74) is -0.0580. The van der Waals surface area contributed by atoms with Gasteiger partial charge in [0.15, 0.2) is 0 Å². The first-order valence-electron chi connectivity index (χ1n) is 5.00. The number of ether oxygens (including phenoxy) is 1. The molecule has 1 saturated heterocycles. The number of rotatable bonds is 2. The van der Waals surface area contributed by atoms with Gasteiger partial charge in [0.25, 0.3) is 0 Å². The number of aliphatic hydroxyl groups excluding tert-OH is 1. The SMILES string of the molecule is OC(c1cc(F)c(Cl)cc1F)C1CCOC1. The Morgan fingerprint density at radius 3 is 2.75 bits per heavy atom. The molecule has 1 aliphatic heterocycles. The molecule has 1 aliphatic rings. The third kappa shape index (κ3) is 2.19. The van der Waals surface area contributed by atoms with Gasteiger partial charge in [0.1, 0.15) is 11.6 Å². The van der Waals surface area contributed by atoms with E-state index in [-0.39, 0.29) is 16.5 Å². The van der Waals surface area contributed by atoms with Gasteiger partial charge < -0.3 is 9.84 Å². The second kappa shape index (κ2) is 4.65. The highest BCUT2D eigenvalue weighted by molar-refractivity contribution is 6.30. The molecule has 0 bridgehead atoms. The maximum atomic E-state index is 13.5. The van der Waals surface area contributed by atoms with E-state index in [1.165, 1.54) is 0 Å². The summed E-state index contributed by atoms with van der Waals surface area (Å²) in [6, 6.07) is 1.83. The molecule has 2 rings (SSSR count). The summed E-state index contributed by atoms with van der Waals surface area (Å²) in [4.78, 5) is 0. The number of benzene rings is 1. The predicted molar refractivity (Wildman–Crippen MR) is 55.3 cm³/mol. The second-order valence-corrected chi connectivity index (χ2v) is 4.26. The standard InChI is InChI=1S/C11H11ClF2O2/c12-8-4-9(13)7(3-10(8)14)11(15)6-1-2-16-5-6/h3-4,6,11,15H,1-2,5H2. The number of hydrogen-bond acceptors (Lipinski definition) is 2. The van der Waals surface area contributed by atoms with Gasteiger partial charge in [-0.05, 0) is 18.6 Å². The first kappa shape index (κ1) is 11.8. The van der Waals surface area contributed by atoms with E-state index in [2.05, 4.69) is 0 Å². The smallest absolute Gasteiger partial charge is 0.142 e. The molecular weight excluding hydrogens is 238 g/mol. The van der Waals surface area contributed by atoms with Crippen molar-refractivity contribution in [1.82, 2.24) is 0 Å². The van der Waals surface area contributed by atoms with Crippen molar-refractivity contribution >= 4 is 11.6 Å². The molecule has 1 aromatic rings. The van der Waals surface area contributed by atoms with Crippen molar-refractivity contribution in [3.05, 3.63) is 34.4 Å². The van der Waals surface area contributed by atoms with Crippen LogP contribution in [0, 0.1) is 17.6 Å². The first-order valence-corrected chi connectivity index (χ1v) is 5.37. The summed E-state index contributed by atoms with van der Waals surface area (Å²) in [6.45, 7) is 0.907. The lowest BCUT2D eigenvalue weighted by molar-refractivity contribution is 0.0886. The summed E-state index contributed by atoms with van der Waals surface area (Å²) in [5, 5.41) is 9.61. The van der Waals surface area contributed by atoms with Crippen LogP contribution in [0.15, 0.2) is 12.1 Å². The summed E-state index contributed by atoms with van der Waals surface area (Å²) in [6.07, 6.45) is -0.403. The minimum Gasteiger partial charge on any atom is -0.388 e. The van der Waals surface area contributed by atoms with Crippen molar-refractivity contribution < 1.29 is 18.6 Å². The van der Waals surface area contributed by atoms with Crippen LogP contribution >= 0.6 is 11.6 Å². The molecule has 0 aromatic heterocycles. The lowest BCUT2D eigenvalue weighted by atomic mass is 9.95. The highest BCUT2D eigenvalue weighted by Gasteiger charge is 2.28. The van der Waals surface area contributed by atoms with Gasteiger partial charge in [0.05, 0.1) is 17.7 Å². The molecule has 2 unspecified atom stereocenters. The van der Waals surface area contributed by atoms with Crippen LogP contribution in [0.3, 0.4) is 0 Å². The second-order valence-electron chi connectivity index (χ2n) is 3.86. The van der Waals surface area contributed by atoms with Crippen molar-refractivity contribution in [3.8, 4) is 0 Å². The van der Waals surface area contributed by atoms with E-state index in [0.29, 0.717) is 19.6 Å². The van der Waals surface area contributed by atoms with E-state index < -0.39 is 17.7 Å². The molecule has 5 heteroatoms. The van der Waals surface area contributed by atoms with Crippen molar-refractivity contribution in [3.63, 3.8) is 0 Å². The Kier molecular flexibility index (Phi) is 3.42. The van der Waals surface area contributed by atoms with Crippen LogP contribution in [0.1, 0.15) is 18.1 Å². The predicted octanol–water partition coefficient (Wildman–Crippen LogP) is 2.69. The minimum atomic E-state index is -1.05. The first-order chi connectivity index (χ1) is 7.59. The van der Waals surface area contributed by atoms with E-state index >= 15 is 0 Å². The van der Waals surface area contributed by atoms with E-state index in [4.69, 9.17) is 16.3 Å². The highest BCUT2D eigenvalue weighted by atomic mass is 35.5. The summed E-state index contributed by atoms with van der Waals surface area (Å²) in [5.74, 6) is -1.60. The van der Waals surface area contributed by atoms with Gasteiger partial charge in [0.2, 0.25) is 0 Å². The third-order valence-corrected chi connectivity index (χ3v) is 3.06. The van der Waals surface area contributed by atoms with Gasteiger partial charge in [-0.1, -0.05) is 11.6 Å². The van der Waals surface area contributed by atoms with Crippen LogP contribution in [0.25, 0.3) is 0 Å². The van der Waals surface area contributed by atoms with Crippen LogP contribution in [-0.2, 0) is 4.74 Å². The van der Waals surface area contributed by atoms with Crippen molar-refractivity contribution in [2.45, 2.75) is 12.5 Å². The van der Waals surface area contributed by atoms with Gasteiger partial charge in [-0.3, -0.25) is 0 Å². The quantitative estimate of drug-likeness (QED) is 0.816. The molecule has 1 N–H and O–H groups in total. The molecule has 0 amide bonds. The van der Waals surface area contributed by atoms with Crippen LogP contribution in [0.5, 0.6) is 0 Å². The monoisotopic (exact) mass is 248 g/mol. The maximum absolute atomic E-state index is 13.5.